The van der Waals surface area contributed by atoms with Crippen LogP contribution in [0.5, 0.6) is 11.5 Å². The molecule has 0 aromatic heterocycles. The predicted octanol–water partition coefficient (Wildman–Crippen LogP) is 6.40. The number of methoxy groups -OCH3 is 1. The molecule has 3 rings (SSSR count). The average Bonchev–Trinajstić information content (AvgIpc) is 2.96. The number of carbonyl (C=O) groups is 2. The average molecular weight is 603 g/mol. The zero-order valence-corrected chi connectivity index (χ0v) is 26.8. The lowest BCUT2D eigenvalue weighted by Crippen LogP contribution is -2.38. The Hall–Kier alpha value is -3.68. The summed E-state index contributed by atoms with van der Waals surface area (Å²) in [5.74, 6) is 0.530. The van der Waals surface area contributed by atoms with E-state index >= 15 is 0 Å². The minimum atomic E-state index is -0.295. The highest BCUT2D eigenvalue weighted by Gasteiger charge is 2.17. The summed E-state index contributed by atoms with van der Waals surface area (Å²) >= 11 is 0. The molecule has 7 nitrogen and oxygen atoms in total. The van der Waals surface area contributed by atoms with E-state index < -0.39 is 0 Å². The van der Waals surface area contributed by atoms with E-state index in [0.717, 1.165) is 67.2 Å². The molecule has 7 heteroatoms. The zero-order valence-electron chi connectivity index (χ0n) is 26.8. The molecule has 0 aliphatic carbocycles. The van der Waals surface area contributed by atoms with Crippen LogP contribution in [-0.4, -0.2) is 41.7 Å². The number of ether oxygens (including phenoxy) is 1. The SMILES string of the molecule is CCCC(CCCO)CCCC(=O)CC(=O)C=Cc1cc(OC)c(O)cc1CC1=CNC(N)C(Cc2cc(C)cc(C)c2)=C1. The Morgan fingerprint density at radius 3 is 2.45 bits per heavy atom. The highest BCUT2D eigenvalue weighted by molar-refractivity contribution is 6.06. The number of benzene rings is 2. The minimum Gasteiger partial charge on any atom is -0.504 e. The van der Waals surface area contributed by atoms with Gasteiger partial charge in [0.2, 0.25) is 0 Å². The molecule has 1 aliphatic heterocycles. The number of aromatic hydroxyl groups is 1. The van der Waals surface area contributed by atoms with Gasteiger partial charge in [0, 0.05) is 19.2 Å². The Kier molecular flexibility index (Phi) is 13.9. The molecule has 2 unspecified atom stereocenters. The van der Waals surface area contributed by atoms with Gasteiger partial charge in [-0.15, -0.1) is 0 Å². The number of ketones is 2. The first-order chi connectivity index (χ1) is 21.1. The number of rotatable bonds is 18. The predicted molar refractivity (Wildman–Crippen MR) is 177 cm³/mol. The molecule has 0 saturated carbocycles. The van der Waals surface area contributed by atoms with E-state index in [1.807, 2.05) is 6.20 Å². The van der Waals surface area contributed by atoms with Crippen molar-refractivity contribution >= 4 is 17.6 Å². The summed E-state index contributed by atoms with van der Waals surface area (Å²) in [7, 11) is 1.48. The molecule has 0 amide bonds. The van der Waals surface area contributed by atoms with Crippen molar-refractivity contribution in [1.29, 1.82) is 0 Å². The lowest BCUT2D eigenvalue weighted by molar-refractivity contribution is -0.124. The second kappa shape index (κ2) is 17.6. The number of aryl methyl sites for hydroxylation is 2. The number of phenols is 1. The number of Topliss-reactive ketones (excluding diaryl/α,β-unsaturated/α-hetero) is 1. The van der Waals surface area contributed by atoms with Crippen molar-refractivity contribution < 1.29 is 24.5 Å². The van der Waals surface area contributed by atoms with Crippen LogP contribution in [0.15, 0.2) is 59.8 Å². The summed E-state index contributed by atoms with van der Waals surface area (Å²) in [5, 5.41) is 22.9. The number of nitrogens with one attached hydrogen (secondary N) is 1. The first kappa shape index (κ1) is 34.8. The fourth-order valence-electron chi connectivity index (χ4n) is 6.00. The number of aliphatic hydroxyl groups excluding tert-OH is 1. The van der Waals surface area contributed by atoms with Gasteiger partial charge in [0.15, 0.2) is 17.3 Å². The molecule has 238 valence electrons. The van der Waals surface area contributed by atoms with Crippen molar-refractivity contribution in [3.05, 3.63) is 87.6 Å². The van der Waals surface area contributed by atoms with Crippen LogP contribution in [-0.2, 0) is 22.4 Å². The van der Waals surface area contributed by atoms with Crippen LogP contribution in [0.1, 0.15) is 86.1 Å². The lowest BCUT2D eigenvalue weighted by Gasteiger charge is -2.23. The maximum Gasteiger partial charge on any atom is 0.163 e. The molecule has 0 saturated heterocycles. The van der Waals surface area contributed by atoms with Gasteiger partial charge in [-0.2, -0.15) is 0 Å². The largest absolute Gasteiger partial charge is 0.504 e. The number of carbonyl (C=O) groups excluding carboxylic acids is 2. The molecule has 1 aliphatic rings. The van der Waals surface area contributed by atoms with Crippen molar-refractivity contribution in [3.8, 4) is 11.5 Å². The molecule has 0 fully saturated rings. The van der Waals surface area contributed by atoms with Crippen molar-refractivity contribution in [1.82, 2.24) is 5.32 Å². The maximum atomic E-state index is 12.7. The van der Waals surface area contributed by atoms with E-state index in [0.29, 0.717) is 24.5 Å². The van der Waals surface area contributed by atoms with Crippen LogP contribution < -0.4 is 15.8 Å². The van der Waals surface area contributed by atoms with Crippen molar-refractivity contribution in [2.45, 2.75) is 91.1 Å². The quantitative estimate of drug-likeness (QED) is 0.115. The van der Waals surface area contributed by atoms with Gasteiger partial charge in [0.05, 0.1) is 19.7 Å². The van der Waals surface area contributed by atoms with E-state index in [-0.39, 0.29) is 36.5 Å². The molecule has 44 heavy (non-hydrogen) atoms. The molecule has 2 atom stereocenters. The van der Waals surface area contributed by atoms with Gasteiger partial charge in [-0.05, 0) is 97.9 Å². The van der Waals surface area contributed by atoms with Crippen LogP contribution in [0.3, 0.4) is 0 Å². The van der Waals surface area contributed by atoms with Gasteiger partial charge in [0.25, 0.3) is 0 Å². The number of dihydropyridines is 1. The number of allylic oxidation sites excluding steroid dienone is 3. The summed E-state index contributed by atoms with van der Waals surface area (Å²) in [6.07, 6.45) is 14.0. The monoisotopic (exact) mass is 602 g/mol. The van der Waals surface area contributed by atoms with E-state index in [4.69, 9.17) is 15.6 Å². The van der Waals surface area contributed by atoms with Crippen LogP contribution in [0.25, 0.3) is 6.08 Å². The second-order valence-corrected chi connectivity index (χ2v) is 12.1. The normalized spacial score (nSPS) is 15.5. The van der Waals surface area contributed by atoms with Gasteiger partial charge in [-0.3, -0.25) is 9.59 Å². The first-order valence-corrected chi connectivity index (χ1v) is 15.8. The zero-order chi connectivity index (χ0) is 32.1. The number of aliphatic hydroxyl groups is 1. The first-order valence-electron chi connectivity index (χ1n) is 15.8. The lowest BCUT2D eigenvalue weighted by atomic mass is 9.91. The van der Waals surface area contributed by atoms with Crippen LogP contribution >= 0.6 is 0 Å². The Morgan fingerprint density at radius 2 is 1.77 bits per heavy atom. The van der Waals surface area contributed by atoms with Gasteiger partial charge in [0.1, 0.15) is 5.78 Å². The van der Waals surface area contributed by atoms with Crippen molar-refractivity contribution in [2.24, 2.45) is 11.7 Å². The van der Waals surface area contributed by atoms with Crippen LogP contribution in [0.2, 0.25) is 0 Å². The highest BCUT2D eigenvalue weighted by Crippen LogP contribution is 2.32. The Morgan fingerprint density at radius 1 is 1.05 bits per heavy atom. The maximum absolute atomic E-state index is 12.7. The molecular weight excluding hydrogens is 552 g/mol. The van der Waals surface area contributed by atoms with Gasteiger partial charge >= 0.3 is 0 Å². The Bertz CT molecular complexity index is 1350. The number of hydrogen-bond acceptors (Lipinski definition) is 7. The summed E-state index contributed by atoms with van der Waals surface area (Å²) in [5.41, 5.74) is 13.6. The molecular formula is C37H50N2O5. The molecule has 0 spiro atoms. The molecule has 5 N–H and O–H groups in total. The van der Waals surface area contributed by atoms with Gasteiger partial charge in [-0.25, -0.2) is 0 Å². The molecule has 2 aromatic rings. The topological polar surface area (TPSA) is 122 Å². The molecule has 1 heterocycles. The standard InChI is InChI=1S/C37H50N2O5/c1-5-8-27(10-7-14-40)9-6-11-33(41)23-34(42)13-12-30-22-36(44-4)35(43)21-31(30)19-29-20-32(37(38)39-24-29)18-28-16-25(2)15-26(3)17-28/h12-13,15-17,20-22,24,27,37,39-40,43H,5-11,14,18-19,23,38H2,1-4H3. The number of nitrogens with two attached hydrogens (primary N) is 1. The van der Waals surface area contributed by atoms with Gasteiger partial charge < -0.3 is 26.0 Å². The number of phenolic OH excluding ortho intramolecular Hbond substituents is 1. The fourth-order valence-corrected chi connectivity index (χ4v) is 6.00. The van der Waals surface area contributed by atoms with E-state index in [1.54, 1.807) is 18.2 Å². The third-order valence-corrected chi connectivity index (χ3v) is 8.10. The Balaban J connectivity index is 1.68. The third-order valence-electron chi connectivity index (χ3n) is 8.10. The molecule has 0 radical (unpaired) electrons. The number of hydrogen-bond donors (Lipinski definition) is 4. The summed E-state index contributed by atoms with van der Waals surface area (Å²) in [6, 6.07) is 9.86. The fraction of sp³-hybridized carbons (Fsp3) is 0.459. The molecule has 2 aromatic carbocycles. The minimum absolute atomic E-state index is 0.0158. The van der Waals surface area contributed by atoms with E-state index in [2.05, 4.69) is 50.4 Å². The van der Waals surface area contributed by atoms with E-state index in [9.17, 15) is 14.7 Å². The second-order valence-electron chi connectivity index (χ2n) is 12.1. The summed E-state index contributed by atoms with van der Waals surface area (Å²) in [4.78, 5) is 25.3. The highest BCUT2D eigenvalue weighted by atomic mass is 16.5. The summed E-state index contributed by atoms with van der Waals surface area (Å²) < 4.78 is 5.33. The van der Waals surface area contributed by atoms with Gasteiger partial charge in [-0.1, -0.05) is 67.7 Å². The summed E-state index contributed by atoms with van der Waals surface area (Å²) in [6.45, 7) is 6.53. The van der Waals surface area contributed by atoms with Crippen LogP contribution in [0, 0.1) is 19.8 Å². The third kappa shape index (κ3) is 11.1. The van der Waals surface area contributed by atoms with E-state index in [1.165, 1.54) is 29.9 Å². The Labute approximate surface area is 262 Å². The van der Waals surface area contributed by atoms with Crippen molar-refractivity contribution in [3.63, 3.8) is 0 Å². The smallest absolute Gasteiger partial charge is 0.163 e. The van der Waals surface area contributed by atoms with Crippen molar-refractivity contribution in [2.75, 3.05) is 13.7 Å². The van der Waals surface area contributed by atoms with Crippen LogP contribution in [0.4, 0.5) is 0 Å². The molecule has 0 bridgehead atoms.